The first kappa shape index (κ1) is 101. The second-order valence-electron chi connectivity index (χ2n) is 27.3. The zero-order valence-electron chi connectivity index (χ0n) is 66.6. The highest BCUT2D eigenvalue weighted by atomic mass is 31.2. The molecule has 0 heterocycles. The van der Waals surface area contributed by atoms with E-state index in [-0.39, 0.29) is 25.7 Å². The van der Waals surface area contributed by atoms with Gasteiger partial charge in [0.05, 0.1) is 26.4 Å². The van der Waals surface area contributed by atoms with E-state index in [0.29, 0.717) is 38.5 Å². The Labute approximate surface area is 644 Å². The molecule has 19 heteroatoms. The Balaban J connectivity index is 5.48. The van der Waals surface area contributed by atoms with Gasteiger partial charge in [-0.2, -0.15) is 0 Å². The van der Waals surface area contributed by atoms with Crippen molar-refractivity contribution in [2.75, 3.05) is 39.6 Å². The van der Waals surface area contributed by atoms with Crippen molar-refractivity contribution in [3.63, 3.8) is 0 Å². The average molecular weight is 1530 g/mol. The van der Waals surface area contributed by atoms with Crippen LogP contribution in [0.4, 0.5) is 0 Å². The van der Waals surface area contributed by atoms with Gasteiger partial charge in [0.2, 0.25) is 0 Å². The summed E-state index contributed by atoms with van der Waals surface area (Å²) in [5.74, 6) is -2.35. The summed E-state index contributed by atoms with van der Waals surface area (Å²) in [5, 5.41) is 10.7. The first-order valence-electron chi connectivity index (χ1n) is 41.4. The van der Waals surface area contributed by atoms with Gasteiger partial charge in [0, 0.05) is 25.7 Å². The third-order valence-electron chi connectivity index (χ3n) is 17.1. The predicted octanol–water partition coefficient (Wildman–Crippen LogP) is 24.4. The third kappa shape index (κ3) is 77.4. The van der Waals surface area contributed by atoms with Crippen LogP contribution >= 0.6 is 15.6 Å². The van der Waals surface area contributed by atoms with Crippen LogP contribution in [0.3, 0.4) is 0 Å². The molecule has 3 N–H and O–H groups in total. The minimum absolute atomic E-state index is 0.0331. The maximum absolute atomic E-state index is 13.1. The minimum atomic E-state index is -5.00. The van der Waals surface area contributed by atoms with Crippen molar-refractivity contribution in [1.29, 1.82) is 0 Å². The molecule has 2 unspecified atom stereocenters. The minimum Gasteiger partial charge on any atom is -0.462 e. The number of ether oxygens (including phenoxy) is 4. The van der Waals surface area contributed by atoms with E-state index in [4.69, 9.17) is 37.0 Å². The van der Waals surface area contributed by atoms with Crippen LogP contribution in [-0.4, -0.2) is 96.7 Å². The Morgan fingerprint density at radius 2 is 0.491 bits per heavy atom. The largest absolute Gasteiger partial charge is 0.472 e. The van der Waals surface area contributed by atoms with Crippen molar-refractivity contribution >= 4 is 39.5 Å². The van der Waals surface area contributed by atoms with E-state index in [1.54, 1.807) is 0 Å². The van der Waals surface area contributed by atoms with Crippen molar-refractivity contribution in [3.8, 4) is 0 Å². The zero-order chi connectivity index (χ0) is 77.4. The molecule has 0 aromatic heterocycles. The van der Waals surface area contributed by atoms with Gasteiger partial charge in [-0.15, -0.1) is 0 Å². The van der Waals surface area contributed by atoms with Crippen LogP contribution in [0.2, 0.25) is 0 Å². The van der Waals surface area contributed by atoms with Crippen LogP contribution in [-0.2, 0) is 65.4 Å². The lowest BCUT2D eigenvalue weighted by molar-refractivity contribution is -0.161. The fraction of sp³-hybridized carbons (Fsp3) is 0.701. The number of esters is 4. The van der Waals surface area contributed by atoms with E-state index in [1.807, 2.05) is 24.3 Å². The molecule has 0 radical (unpaired) electrons. The molecule has 0 saturated carbocycles. The number of hydrogen-bond acceptors (Lipinski definition) is 15. The number of carbonyl (C=O) groups is 4. The summed E-state index contributed by atoms with van der Waals surface area (Å²) in [6, 6.07) is 0. The predicted molar refractivity (Wildman–Crippen MR) is 436 cm³/mol. The van der Waals surface area contributed by atoms with Crippen LogP contribution in [0.5, 0.6) is 0 Å². The molecule has 0 aliphatic rings. The number of aliphatic hydroxyl groups is 1. The van der Waals surface area contributed by atoms with Crippen molar-refractivity contribution in [1.82, 2.24) is 0 Å². The Morgan fingerprint density at radius 1 is 0.264 bits per heavy atom. The van der Waals surface area contributed by atoms with E-state index in [2.05, 4.69) is 137 Å². The molecule has 0 fully saturated rings. The van der Waals surface area contributed by atoms with Gasteiger partial charge < -0.3 is 33.8 Å². The van der Waals surface area contributed by atoms with E-state index in [0.717, 1.165) is 128 Å². The van der Waals surface area contributed by atoms with Crippen LogP contribution in [0.15, 0.2) is 134 Å². The number of carbonyl (C=O) groups excluding carboxylic acids is 4. The summed E-state index contributed by atoms with van der Waals surface area (Å²) in [5.41, 5.74) is 0. The van der Waals surface area contributed by atoms with Gasteiger partial charge in [0.1, 0.15) is 19.3 Å². The summed E-state index contributed by atoms with van der Waals surface area (Å²) in [4.78, 5) is 73.1. The highest BCUT2D eigenvalue weighted by Crippen LogP contribution is 2.45. The number of aliphatic hydroxyl groups excluding tert-OH is 1. The summed E-state index contributed by atoms with van der Waals surface area (Å²) in [6.45, 7) is 4.67. The van der Waals surface area contributed by atoms with Crippen LogP contribution in [0, 0.1) is 0 Å². The van der Waals surface area contributed by atoms with Crippen LogP contribution in [0.25, 0.3) is 0 Å². The monoisotopic (exact) mass is 1530 g/mol. The molecular formula is C87H148O17P2. The van der Waals surface area contributed by atoms with E-state index in [1.165, 1.54) is 116 Å². The van der Waals surface area contributed by atoms with Crippen LogP contribution in [0.1, 0.15) is 336 Å². The van der Waals surface area contributed by atoms with Gasteiger partial charge in [0.15, 0.2) is 12.2 Å². The molecule has 0 spiro atoms. The first-order valence-corrected chi connectivity index (χ1v) is 44.4. The van der Waals surface area contributed by atoms with E-state index >= 15 is 0 Å². The molecule has 0 aliphatic carbocycles. The lowest BCUT2D eigenvalue weighted by Crippen LogP contribution is -2.30. The van der Waals surface area contributed by atoms with Gasteiger partial charge in [-0.05, 0) is 154 Å². The van der Waals surface area contributed by atoms with Crippen LogP contribution < -0.4 is 0 Å². The van der Waals surface area contributed by atoms with E-state index in [9.17, 15) is 43.2 Å². The highest BCUT2D eigenvalue weighted by Gasteiger charge is 2.30. The SMILES string of the molecule is CCCCC/C=C\C/C=C\C/C=C\C/C=C\C/C=C\CCC(=O)OC[C@H](COP(=O)(O)OC[C@@H](O)COP(=O)(O)OC[C@@H](COC(=O)CCC/C=C\C/C=C\C/C=C\C/C=C\CCCCC)OC(=O)CCCCCCC/C=C\CCCCCCCC)OC(=O)CCCCCCC/C=C\CCCCCCCC. The lowest BCUT2D eigenvalue weighted by Gasteiger charge is -2.21. The highest BCUT2D eigenvalue weighted by molar-refractivity contribution is 7.47. The molecule has 0 saturated heterocycles. The number of hydrogen-bond donors (Lipinski definition) is 3. The van der Waals surface area contributed by atoms with Gasteiger partial charge >= 0.3 is 39.5 Å². The molecule has 0 aliphatic heterocycles. The van der Waals surface area contributed by atoms with Crippen molar-refractivity contribution in [2.45, 2.75) is 354 Å². The van der Waals surface area contributed by atoms with E-state index < -0.39 is 97.5 Å². The van der Waals surface area contributed by atoms with Gasteiger partial charge in [-0.25, -0.2) is 9.13 Å². The second-order valence-corrected chi connectivity index (χ2v) is 30.3. The summed E-state index contributed by atoms with van der Waals surface area (Å²) in [7, 11) is -10.0. The molecule has 608 valence electrons. The summed E-state index contributed by atoms with van der Waals surface area (Å²) >= 11 is 0. The number of unbranched alkanes of at least 4 members (excludes halogenated alkanes) is 29. The molecule has 0 aromatic rings. The Bertz CT molecular complexity index is 2530. The summed E-state index contributed by atoms with van der Waals surface area (Å²) in [6.07, 6.45) is 88.7. The number of rotatable bonds is 77. The molecule has 0 bridgehead atoms. The standard InChI is InChI=1S/C87H148O17P2/c1-5-9-13-17-21-25-29-33-37-39-40-42-46-48-52-56-60-64-68-72-85(90)98-78-83(104-87(92)74-70-66-62-58-54-50-44-36-32-28-24-20-16-12-8-4)80-102-106(95,96)100-76-81(88)75-99-105(93,94)101-79-82(103-86(91)73-69-65-61-57-53-49-43-35-31-27-23-19-15-11-7-3)77-97-84(89)71-67-63-59-55-51-47-45-41-38-34-30-26-22-18-14-10-6-2/h21-22,25-26,33-38,40,42-45,47-48,52,55,59-60,64,81-83,88H,5-20,23-24,27-32,39,41,46,49-51,53-54,56-58,61-63,65-80H2,1-4H3,(H,93,94)(H,95,96)/b25-21-,26-22-,37-33-,38-34-,42-40-,43-35-,44-36-,47-45-,52-48-,59-55-,64-60-/t81-,82+,83+/m0/s1. The third-order valence-corrected chi connectivity index (χ3v) is 19.0. The maximum atomic E-state index is 13.1. The number of phosphoric acid groups is 2. The average Bonchev–Trinajstić information content (AvgIpc) is 0.909. The second kappa shape index (κ2) is 78.3. The Hall–Kier alpha value is -4.80. The van der Waals surface area contributed by atoms with Gasteiger partial charge in [-0.3, -0.25) is 37.3 Å². The smallest absolute Gasteiger partial charge is 0.462 e. The van der Waals surface area contributed by atoms with Gasteiger partial charge in [-0.1, -0.05) is 290 Å². The lowest BCUT2D eigenvalue weighted by atomic mass is 10.1. The normalized spacial score (nSPS) is 14.5. The van der Waals surface area contributed by atoms with Crippen molar-refractivity contribution < 1.29 is 80.2 Å². The zero-order valence-corrected chi connectivity index (χ0v) is 68.4. The summed E-state index contributed by atoms with van der Waals surface area (Å²) < 4.78 is 68.5. The quantitative estimate of drug-likeness (QED) is 0.0169. The number of phosphoric ester groups is 2. The first-order chi connectivity index (χ1) is 51.7. The fourth-order valence-electron chi connectivity index (χ4n) is 10.7. The molecule has 0 rings (SSSR count). The Kier molecular flexibility index (Phi) is 74.8. The topological polar surface area (TPSA) is 237 Å². The van der Waals surface area contributed by atoms with Crippen molar-refractivity contribution in [2.24, 2.45) is 0 Å². The maximum Gasteiger partial charge on any atom is 0.472 e. The molecule has 0 amide bonds. The Morgan fingerprint density at radius 3 is 0.821 bits per heavy atom. The molecule has 0 aromatic carbocycles. The molecular weight excluding hydrogens is 1380 g/mol. The molecule has 106 heavy (non-hydrogen) atoms. The molecule has 17 nitrogen and oxygen atoms in total. The van der Waals surface area contributed by atoms with Gasteiger partial charge in [0.25, 0.3) is 0 Å². The number of allylic oxidation sites excluding steroid dienone is 22. The fourth-order valence-corrected chi connectivity index (χ4v) is 12.3. The van der Waals surface area contributed by atoms with Crippen molar-refractivity contribution in [3.05, 3.63) is 134 Å². The molecule has 5 atom stereocenters.